The number of para-hydroxylation sites is 1. The molecule has 0 saturated heterocycles. The minimum absolute atomic E-state index is 0.116. The zero-order valence-corrected chi connectivity index (χ0v) is 14.2. The number of hydrogen-bond acceptors (Lipinski definition) is 5. The summed E-state index contributed by atoms with van der Waals surface area (Å²) in [5.74, 6) is 0.746. The summed E-state index contributed by atoms with van der Waals surface area (Å²) in [5.41, 5.74) is 1.32. The van der Waals surface area contributed by atoms with Crippen LogP contribution >= 0.6 is 11.5 Å². The summed E-state index contributed by atoms with van der Waals surface area (Å²) in [6, 6.07) is 17.5. The molecule has 2 heterocycles. The number of carbonyl (C=O) groups is 1. The number of hydrogen-bond donors (Lipinski definition) is 2. The monoisotopic (exact) mass is 348 g/mol. The van der Waals surface area contributed by atoms with Crippen LogP contribution < -0.4 is 10.6 Å². The van der Waals surface area contributed by atoms with Gasteiger partial charge in [-0.15, -0.1) is 0 Å². The third-order valence-electron chi connectivity index (χ3n) is 3.96. The lowest BCUT2D eigenvalue weighted by molar-refractivity contribution is 0.0956. The Balaban J connectivity index is 1.39. The van der Waals surface area contributed by atoms with Crippen LogP contribution in [0.3, 0.4) is 0 Å². The van der Waals surface area contributed by atoms with Crippen molar-refractivity contribution >= 4 is 44.2 Å². The fraction of sp³-hybridized carbons (Fsp3) is 0.105. The molecule has 0 saturated carbocycles. The van der Waals surface area contributed by atoms with Crippen molar-refractivity contribution in [1.82, 2.24) is 14.7 Å². The summed E-state index contributed by atoms with van der Waals surface area (Å²) in [6.07, 6.45) is 1.70. The molecule has 25 heavy (non-hydrogen) atoms. The minimum Gasteiger partial charge on any atom is -0.367 e. The maximum Gasteiger partial charge on any atom is 0.253 e. The summed E-state index contributed by atoms with van der Waals surface area (Å²) in [4.78, 5) is 16.8. The molecule has 2 aromatic heterocycles. The molecule has 0 bridgehead atoms. The molecule has 1 amide bonds. The number of amides is 1. The highest BCUT2D eigenvalue weighted by atomic mass is 32.1. The van der Waals surface area contributed by atoms with E-state index in [-0.39, 0.29) is 5.91 Å². The molecule has 0 atom stereocenters. The van der Waals surface area contributed by atoms with Gasteiger partial charge in [0.2, 0.25) is 0 Å². The molecular weight excluding hydrogens is 332 g/mol. The SMILES string of the molecule is O=C(NCCNc1nsc2ccccc12)c1cccc2cccnc12. The second kappa shape index (κ2) is 6.86. The molecule has 0 unspecified atom stereocenters. The molecule has 0 spiro atoms. The van der Waals surface area contributed by atoms with Gasteiger partial charge in [-0.1, -0.05) is 30.3 Å². The van der Waals surface area contributed by atoms with E-state index in [9.17, 15) is 4.79 Å². The summed E-state index contributed by atoms with van der Waals surface area (Å²) in [7, 11) is 0. The first-order chi connectivity index (χ1) is 12.3. The van der Waals surface area contributed by atoms with Crippen LogP contribution in [-0.2, 0) is 0 Å². The molecule has 0 aliphatic carbocycles. The highest BCUT2D eigenvalue weighted by molar-refractivity contribution is 7.13. The summed E-state index contributed by atoms with van der Waals surface area (Å²) >= 11 is 1.47. The highest BCUT2D eigenvalue weighted by Crippen LogP contribution is 2.25. The Morgan fingerprint density at radius 1 is 1.00 bits per heavy atom. The van der Waals surface area contributed by atoms with Crippen LogP contribution in [0.4, 0.5) is 5.82 Å². The predicted octanol–water partition coefficient (Wildman–Crippen LogP) is 3.69. The lowest BCUT2D eigenvalue weighted by Gasteiger charge is -2.08. The number of rotatable bonds is 5. The van der Waals surface area contributed by atoms with Crippen molar-refractivity contribution in [3.8, 4) is 0 Å². The van der Waals surface area contributed by atoms with E-state index in [4.69, 9.17) is 0 Å². The number of anilines is 1. The van der Waals surface area contributed by atoms with E-state index in [1.165, 1.54) is 11.5 Å². The smallest absolute Gasteiger partial charge is 0.253 e. The Morgan fingerprint density at radius 3 is 2.84 bits per heavy atom. The van der Waals surface area contributed by atoms with Crippen LogP contribution in [-0.4, -0.2) is 28.4 Å². The first-order valence-electron chi connectivity index (χ1n) is 8.03. The molecule has 5 nitrogen and oxygen atoms in total. The second-order valence-electron chi connectivity index (χ2n) is 5.59. The fourth-order valence-electron chi connectivity index (χ4n) is 2.75. The summed E-state index contributed by atoms with van der Waals surface area (Å²) < 4.78 is 5.57. The van der Waals surface area contributed by atoms with Gasteiger partial charge in [-0.3, -0.25) is 9.78 Å². The molecule has 124 valence electrons. The van der Waals surface area contributed by atoms with Gasteiger partial charge in [0, 0.05) is 30.1 Å². The highest BCUT2D eigenvalue weighted by Gasteiger charge is 2.10. The molecule has 0 fully saturated rings. The van der Waals surface area contributed by atoms with Gasteiger partial charge in [-0.05, 0) is 35.8 Å². The van der Waals surface area contributed by atoms with Crippen molar-refractivity contribution in [1.29, 1.82) is 0 Å². The maximum absolute atomic E-state index is 12.4. The average molecular weight is 348 g/mol. The van der Waals surface area contributed by atoms with Crippen LogP contribution in [0.2, 0.25) is 0 Å². The van der Waals surface area contributed by atoms with E-state index in [1.807, 2.05) is 48.5 Å². The van der Waals surface area contributed by atoms with Crippen molar-refractivity contribution in [3.05, 3.63) is 66.4 Å². The molecule has 4 rings (SSSR count). The number of benzene rings is 2. The van der Waals surface area contributed by atoms with Crippen LogP contribution in [0.5, 0.6) is 0 Å². The van der Waals surface area contributed by atoms with E-state index < -0.39 is 0 Å². The Kier molecular flexibility index (Phi) is 4.26. The van der Waals surface area contributed by atoms with Crippen LogP contribution in [0.1, 0.15) is 10.4 Å². The van der Waals surface area contributed by atoms with Crippen LogP contribution in [0, 0.1) is 0 Å². The Bertz CT molecular complexity index is 1040. The number of pyridine rings is 1. The van der Waals surface area contributed by atoms with Crippen molar-refractivity contribution in [2.45, 2.75) is 0 Å². The fourth-order valence-corrected chi connectivity index (χ4v) is 3.51. The van der Waals surface area contributed by atoms with Crippen LogP contribution in [0.15, 0.2) is 60.8 Å². The lowest BCUT2D eigenvalue weighted by atomic mass is 10.1. The van der Waals surface area contributed by atoms with E-state index in [2.05, 4.69) is 20.0 Å². The Labute approximate surface area is 148 Å². The van der Waals surface area contributed by atoms with Crippen molar-refractivity contribution in [3.63, 3.8) is 0 Å². The van der Waals surface area contributed by atoms with Crippen LogP contribution in [0.25, 0.3) is 21.0 Å². The normalized spacial score (nSPS) is 10.9. The minimum atomic E-state index is -0.116. The molecule has 0 radical (unpaired) electrons. The number of nitrogens with one attached hydrogen (secondary N) is 2. The largest absolute Gasteiger partial charge is 0.367 e. The number of carbonyl (C=O) groups excluding carboxylic acids is 1. The van der Waals surface area contributed by atoms with Crippen molar-refractivity contribution in [2.75, 3.05) is 18.4 Å². The molecule has 0 aliphatic heterocycles. The zero-order chi connectivity index (χ0) is 17.1. The summed E-state index contributed by atoms with van der Waals surface area (Å²) in [6.45, 7) is 1.12. The number of fused-ring (bicyclic) bond motifs is 2. The molecule has 0 aliphatic rings. The van der Waals surface area contributed by atoms with Gasteiger partial charge in [0.1, 0.15) is 5.82 Å². The number of aromatic nitrogens is 2. The standard InChI is InChI=1S/C19H16N4OS/c24-19(15-8-3-5-13-6-4-10-20-17(13)15)22-12-11-21-18-14-7-1-2-9-16(14)25-23-18/h1-10H,11-12H2,(H,21,23)(H,22,24). The number of nitrogens with zero attached hydrogens (tertiary/aromatic N) is 2. The quantitative estimate of drug-likeness (QED) is 0.540. The lowest BCUT2D eigenvalue weighted by Crippen LogP contribution is -2.29. The summed E-state index contributed by atoms with van der Waals surface area (Å²) in [5, 5.41) is 8.29. The average Bonchev–Trinajstić information content (AvgIpc) is 3.08. The topological polar surface area (TPSA) is 66.9 Å². The molecular formula is C19H16N4OS. The van der Waals surface area contributed by atoms with Gasteiger partial charge in [0.15, 0.2) is 0 Å². The third kappa shape index (κ3) is 3.16. The van der Waals surface area contributed by atoms with Gasteiger partial charge in [-0.25, -0.2) is 0 Å². The van der Waals surface area contributed by atoms with E-state index >= 15 is 0 Å². The Hall–Kier alpha value is -2.99. The molecule has 4 aromatic rings. The van der Waals surface area contributed by atoms with Gasteiger partial charge < -0.3 is 10.6 Å². The van der Waals surface area contributed by atoms with Gasteiger partial charge >= 0.3 is 0 Å². The second-order valence-corrected chi connectivity index (χ2v) is 6.40. The molecule has 6 heteroatoms. The first-order valence-corrected chi connectivity index (χ1v) is 8.80. The molecule has 2 aromatic carbocycles. The predicted molar refractivity (Wildman–Crippen MR) is 102 cm³/mol. The zero-order valence-electron chi connectivity index (χ0n) is 13.4. The van der Waals surface area contributed by atoms with E-state index in [0.29, 0.717) is 18.7 Å². The van der Waals surface area contributed by atoms with Gasteiger partial charge in [-0.2, -0.15) is 4.37 Å². The van der Waals surface area contributed by atoms with Crippen molar-refractivity contribution < 1.29 is 4.79 Å². The van der Waals surface area contributed by atoms with E-state index in [1.54, 1.807) is 12.3 Å². The first kappa shape index (κ1) is 15.5. The Morgan fingerprint density at radius 2 is 1.88 bits per heavy atom. The maximum atomic E-state index is 12.4. The van der Waals surface area contributed by atoms with Crippen molar-refractivity contribution in [2.24, 2.45) is 0 Å². The van der Waals surface area contributed by atoms with E-state index in [0.717, 1.165) is 26.8 Å². The van der Waals surface area contributed by atoms with Gasteiger partial charge in [0.25, 0.3) is 5.91 Å². The third-order valence-corrected chi connectivity index (χ3v) is 4.78. The molecule has 2 N–H and O–H groups in total. The van der Waals surface area contributed by atoms with Gasteiger partial charge in [0.05, 0.1) is 15.8 Å².